The third-order valence-corrected chi connectivity index (χ3v) is 11.9. The van der Waals surface area contributed by atoms with Crippen LogP contribution in [-0.4, -0.2) is 88.6 Å². The van der Waals surface area contributed by atoms with E-state index in [0.29, 0.717) is 23.0 Å². The van der Waals surface area contributed by atoms with Crippen LogP contribution in [0.15, 0.2) is 6.33 Å². The van der Waals surface area contributed by atoms with Gasteiger partial charge >= 0.3 is 0 Å². The highest BCUT2D eigenvalue weighted by atomic mass is 35.5. The standard InChI is InChI=1S/C20H31ClFN5O5P2/c1-26(12-7-5-6-8-12)17-15-18(25-20(21)24-17)27(10-23-15)19-14(22)16(28)13(32-19)9-31-34(4,30)11-33(2,3)29/h10,12-14,16,19,28H,5-9,11H2,1-4H3/t13-,14+,16-,19-,34?/m1/s1. The Morgan fingerprint density at radius 1 is 1.29 bits per heavy atom. The minimum absolute atomic E-state index is 0.00147. The van der Waals surface area contributed by atoms with Crippen LogP contribution in [0.1, 0.15) is 31.9 Å². The van der Waals surface area contributed by atoms with Gasteiger partial charge in [-0.2, -0.15) is 9.97 Å². The molecule has 1 aliphatic carbocycles. The number of hydrogen-bond acceptors (Lipinski definition) is 9. The van der Waals surface area contributed by atoms with Crippen molar-refractivity contribution >= 4 is 43.1 Å². The third kappa shape index (κ3) is 5.50. The van der Waals surface area contributed by atoms with Crippen LogP contribution >= 0.6 is 26.1 Å². The highest BCUT2D eigenvalue weighted by Gasteiger charge is 2.46. The first kappa shape index (κ1) is 26.0. The van der Waals surface area contributed by atoms with Crippen molar-refractivity contribution in [2.24, 2.45) is 0 Å². The maximum absolute atomic E-state index is 15.1. The minimum atomic E-state index is -3.21. The summed E-state index contributed by atoms with van der Waals surface area (Å²) in [7, 11) is -3.86. The predicted molar refractivity (Wildman–Crippen MR) is 130 cm³/mol. The van der Waals surface area contributed by atoms with E-state index in [0.717, 1.165) is 25.7 Å². The molecule has 2 aromatic heterocycles. The quantitative estimate of drug-likeness (QED) is 0.394. The highest BCUT2D eigenvalue weighted by Crippen LogP contribution is 2.56. The zero-order valence-electron chi connectivity index (χ0n) is 19.7. The molecule has 5 atom stereocenters. The van der Waals surface area contributed by atoms with Crippen LogP contribution in [0.5, 0.6) is 0 Å². The first-order chi connectivity index (χ1) is 15.9. The van der Waals surface area contributed by atoms with Gasteiger partial charge in [-0.25, -0.2) is 9.37 Å². The molecule has 1 N–H and O–H groups in total. The molecule has 1 saturated heterocycles. The highest BCUT2D eigenvalue weighted by molar-refractivity contribution is 7.77. The van der Waals surface area contributed by atoms with Gasteiger partial charge in [-0.3, -0.25) is 9.13 Å². The normalized spacial score (nSPS) is 28.0. The van der Waals surface area contributed by atoms with Crippen LogP contribution in [0.3, 0.4) is 0 Å². The van der Waals surface area contributed by atoms with Crippen LogP contribution in [0.2, 0.25) is 5.28 Å². The number of aromatic nitrogens is 4. The van der Waals surface area contributed by atoms with Crippen molar-refractivity contribution in [3.05, 3.63) is 11.6 Å². The van der Waals surface area contributed by atoms with Crippen LogP contribution in [0.4, 0.5) is 10.2 Å². The number of anilines is 1. The van der Waals surface area contributed by atoms with Gasteiger partial charge in [0.25, 0.3) is 0 Å². The second-order valence-electron chi connectivity index (χ2n) is 9.71. The number of ether oxygens (including phenoxy) is 1. The molecule has 1 saturated carbocycles. The molecular weight excluding hydrogens is 507 g/mol. The molecule has 3 heterocycles. The van der Waals surface area contributed by atoms with Crippen molar-refractivity contribution < 1.29 is 27.9 Å². The number of halogens is 2. The molecule has 190 valence electrons. The van der Waals surface area contributed by atoms with E-state index in [2.05, 4.69) is 15.0 Å². The average molecular weight is 538 g/mol. The van der Waals surface area contributed by atoms with E-state index in [1.54, 1.807) is 0 Å². The summed E-state index contributed by atoms with van der Waals surface area (Å²) >= 11 is 6.21. The molecule has 1 unspecified atom stereocenters. The lowest BCUT2D eigenvalue weighted by molar-refractivity contribution is -0.0407. The fourth-order valence-corrected chi connectivity index (χ4v) is 10.6. The first-order valence-electron chi connectivity index (χ1n) is 11.2. The fourth-order valence-electron chi connectivity index (χ4n) is 4.73. The van der Waals surface area contributed by atoms with Gasteiger partial charge in [0.15, 0.2) is 29.4 Å². The topological polar surface area (TPSA) is 120 Å². The van der Waals surface area contributed by atoms with Crippen molar-refractivity contribution in [2.45, 2.75) is 56.3 Å². The largest absolute Gasteiger partial charge is 0.387 e. The Labute approximate surface area is 203 Å². The summed E-state index contributed by atoms with van der Waals surface area (Å²) in [5.74, 6) is 0.481. The lowest BCUT2D eigenvalue weighted by Gasteiger charge is -2.25. The van der Waals surface area contributed by atoms with E-state index < -0.39 is 39.1 Å². The number of alkyl halides is 1. The second kappa shape index (κ2) is 9.75. The Bertz CT molecular complexity index is 1140. The Morgan fingerprint density at radius 2 is 1.97 bits per heavy atom. The van der Waals surface area contributed by atoms with E-state index >= 15 is 4.39 Å². The summed E-state index contributed by atoms with van der Waals surface area (Å²) in [4.78, 5) is 15.1. The lowest BCUT2D eigenvalue weighted by Crippen LogP contribution is -2.31. The van der Waals surface area contributed by atoms with Gasteiger partial charge in [0.1, 0.15) is 12.2 Å². The zero-order chi connectivity index (χ0) is 24.8. The molecule has 2 fully saturated rings. The Kier molecular flexibility index (Phi) is 7.45. The number of aliphatic hydroxyl groups is 1. The summed E-state index contributed by atoms with van der Waals surface area (Å²) in [6, 6.07) is 0.311. The molecule has 10 nitrogen and oxygen atoms in total. The molecule has 0 aromatic carbocycles. The molecule has 2 aliphatic rings. The molecule has 0 radical (unpaired) electrons. The van der Waals surface area contributed by atoms with E-state index in [1.807, 2.05) is 11.9 Å². The van der Waals surface area contributed by atoms with Gasteiger partial charge in [0.2, 0.25) is 12.7 Å². The minimum Gasteiger partial charge on any atom is -0.387 e. The van der Waals surface area contributed by atoms with Crippen molar-refractivity contribution in [3.8, 4) is 0 Å². The summed E-state index contributed by atoms with van der Waals surface area (Å²) in [6.45, 7) is 4.13. The molecule has 14 heteroatoms. The molecule has 4 rings (SSSR count). The van der Waals surface area contributed by atoms with Gasteiger partial charge < -0.3 is 23.8 Å². The molecule has 1 aliphatic heterocycles. The monoisotopic (exact) mass is 537 g/mol. The summed E-state index contributed by atoms with van der Waals surface area (Å²) < 4.78 is 52.4. The average Bonchev–Trinajstić information content (AvgIpc) is 3.45. The molecule has 2 aromatic rings. The second-order valence-corrected chi connectivity index (χ2v) is 16.6. The van der Waals surface area contributed by atoms with E-state index in [4.69, 9.17) is 20.9 Å². The smallest absolute Gasteiger partial charge is 0.226 e. The number of imidazole rings is 1. The van der Waals surface area contributed by atoms with E-state index in [-0.39, 0.29) is 17.8 Å². The summed E-state index contributed by atoms with van der Waals surface area (Å²) in [5.41, 5.74) is 0.754. The molecule has 0 amide bonds. The SMILES string of the molecule is CN(c1nc(Cl)nc2c1ncn2[C@@H]1O[C@H](COP(C)(=O)CP(C)(C)=O)[C@@H](O)[C@@H]1F)C1CCCC1. The maximum atomic E-state index is 15.1. The number of nitrogens with zero attached hydrogens (tertiary/aromatic N) is 5. The van der Waals surface area contributed by atoms with Gasteiger partial charge in [0.05, 0.1) is 26.0 Å². The van der Waals surface area contributed by atoms with Crippen molar-refractivity contribution in [1.82, 2.24) is 19.5 Å². The van der Waals surface area contributed by atoms with Crippen LogP contribution in [0.25, 0.3) is 11.2 Å². The van der Waals surface area contributed by atoms with Gasteiger partial charge in [-0.05, 0) is 37.8 Å². The first-order valence-corrected chi connectivity index (χ1v) is 16.6. The number of aliphatic hydroxyl groups excluding tert-OH is 1. The molecule has 0 spiro atoms. The Hall–Kier alpha value is -1.09. The van der Waals surface area contributed by atoms with Crippen LogP contribution in [-0.2, 0) is 18.4 Å². The van der Waals surface area contributed by atoms with Gasteiger partial charge in [-0.1, -0.05) is 12.8 Å². The Morgan fingerprint density at radius 3 is 2.62 bits per heavy atom. The molecule has 0 bridgehead atoms. The van der Waals surface area contributed by atoms with Crippen LogP contribution in [0, 0.1) is 0 Å². The molecular formula is C20H31ClFN5O5P2. The van der Waals surface area contributed by atoms with Gasteiger partial charge in [-0.15, -0.1) is 0 Å². The van der Waals surface area contributed by atoms with E-state index in [9.17, 15) is 14.2 Å². The third-order valence-electron chi connectivity index (χ3n) is 6.26. The summed E-state index contributed by atoms with van der Waals surface area (Å²) in [5, 5.41) is 10.4. The van der Waals surface area contributed by atoms with Gasteiger partial charge in [0, 0.05) is 19.8 Å². The predicted octanol–water partition coefficient (Wildman–Crippen LogP) is 3.96. The number of rotatable bonds is 8. The van der Waals surface area contributed by atoms with Crippen molar-refractivity contribution in [1.29, 1.82) is 0 Å². The fraction of sp³-hybridized carbons (Fsp3) is 0.750. The summed E-state index contributed by atoms with van der Waals surface area (Å²) in [6.07, 6.45) is 0.130. The van der Waals surface area contributed by atoms with Crippen molar-refractivity contribution in [3.63, 3.8) is 0 Å². The van der Waals surface area contributed by atoms with Crippen molar-refractivity contribution in [2.75, 3.05) is 44.5 Å². The number of hydrogen-bond donors (Lipinski definition) is 1. The Balaban J connectivity index is 1.56. The lowest BCUT2D eigenvalue weighted by atomic mass is 10.1. The number of fused-ring (bicyclic) bond motifs is 1. The maximum Gasteiger partial charge on any atom is 0.226 e. The van der Waals surface area contributed by atoms with E-state index in [1.165, 1.54) is 30.9 Å². The zero-order valence-corrected chi connectivity index (χ0v) is 22.2. The van der Waals surface area contributed by atoms with Crippen LogP contribution < -0.4 is 4.90 Å². The molecule has 34 heavy (non-hydrogen) atoms.